The van der Waals surface area contributed by atoms with Gasteiger partial charge in [0.2, 0.25) is 5.13 Å². The minimum Gasteiger partial charge on any atom is -0.484 e. The van der Waals surface area contributed by atoms with E-state index in [1.54, 1.807) is 0 Å². The lowest BCUT2D eigenvalue weighted by Gasteiger charge is -2.06. The molecule has 2 rings (SSSR count). The maximum Gasteiger partial charge on any atom is 0.264 e. The molecule has 1 N–H and O–H groups in total. The van der Waals surface area contributed by atoms with Crippen molar-refractivity contribution < 1.29 is 9.53 Å². The van der Waals surface area contributed by atoms with Crippen LogP contribution in [0.5, 0.6) is 5.75 Å². The van der Waals surface area contributed by atoms with Gasteiger partial charge >= 0.3 is 0 Å². The molecule has 0 aliphatic carbocycles. The number of nitrogens with zero attached hydrogens (tertiary/aromatic N) is 2. The predicted octanol–water partition coefficient (Wildman–Crippen LogP) is 3.46. The molecule has 1 heterocycles. The Kier molecular flexibility index (Phi) is 6.33. The van der Waals surface area contributed by atoms with Crippen molar-refractivity contribution in [2.45, 2.75) is 39.5 Å². The van der Waals surface area contributed by atoms with Gasteiger partial charge in [-0.15, -0.1) is 10.2 Å². The molecule has 0 fully saturated rings. The zero-order chi connectivity index (χ0) is 15.8. The fraction of sp³-hybridized carbons (Fsp3) is 0.438. The first-order valence-electron chi connectivity index (χ1n) is 7.55. The number of unbranched alkanes of at least 4 members (excludes halogenated alkanes) is 1. The van der Waals surface area contributed by atoms with E-state index in [0.717, 1.165) is 30.7 Å². The van der Waals surface area contributed by atoms with E-state index in [2.05, 4.69) is 29.4 Å². The Morgan fingerprint density at radius 3 is 2.68 bits per heavy atom. The second kappa shape index (κ2) is 8.48. The molecule has 5 nitrogen and oxygen atoms in total. The normalized spacial score (nSPS) is 10.5. The fourth-order valence-electron chi connectivity index (χ4n) is 1.86. The molecule has 0 spiro atoms. The lowest BCUT2D eigenvalue weighted by Crippen LogP contribution is -2.20. The lowest BCUT2D eigenvalue weighted by molar-refractivity contribution is -0.118. The summed E-state index contributed by atoms with van der Waals surface area (Å²) in [5.74, 6) is 0.464. The van der Waals surface area contributed by atoms with Gasteiger partial charge in [-0.2, -0.15) is 0 Å². The van der Waals surface area contributed by atoms with Crippen LogP contribution in [0, 0.1) is 0 Å². The molecular formula is C16H21N3O2S. The number of aromatic nitrogens is 2. The number of carbonyl (C=O) groups is 1. The molecule has 0 aliphatic heterocycles. The molecule has 22 heavy (non-hydrogen) atoms. The number of carbonyl (C=O) groups excluding carboxylic acids is 1. The average molecular weight is 319 g/mol. The van der Waals surface area contributed by atoms with Gasteiger partial charge in [0.05, 0.1) is 0 Å². The number of ether oxygens (including phenoxy) is 1. The molecule has 1 amide bonds. The fourth-order valence-corrected chi connectivity index (χ4v) is 2.66. The number of amides is 1. The Morgan fingerprint density at radius 2 is 2.00 bits per heavy atom. The van der Waals surface area contributed by atoms with Crippen LogP contribution in [0.15, 0.2) is 24.3 Å². The summed E-state index contributed by atoms with van der Waals surface area (Å²) >= 11 is 1.42. The molecule has 118 valence electrons. The summed E-state index contributed by atoms with van der Waals surface area (Å²) in [7, 11) is 0. The van der Waals surface area contributed by atoms with Crippen molar-refractivity contribution in [3.63, 3.8) is 0 Å². The third kappa shape index (κ3) is 5.11. The van der Waals surface area contributed by atoms with Crippen molar-refractivity contribution in [2.75, 3.05) is 11.9 Å². The van der Waals surface area contributed by atoms with E-state index in [4.69, 9.17) is 4.74 Å². The predicted molar refractivity (Wildman–Crippen MR) is 88.5 cm³/mol. The summed E-state index contributed by atoms with van der Waals surface area (Å²) < 4.78 is 5.46. The Balaban J connectivity index is 1.78. The van der Waals surface area contributed by atoms with Crippen LogP contribution < -0.4 is 10.1 Å². The lowest BCUT2D eigenvalue weighted by atomic mass is 10.2. The summed E-state index contributed by atoms with van der Waals surface area (Å²) in [6, 6.07) is 7.75. The van der Waals surface area contributed by atoms with Crippen LogP contribution in [0.3, 0.4) is 0 Å². The van der Waals surface area contributed by atoms with E-state index in [0.29, 0.717) is 10.9 Å². The van der Waals surface area contributed by atoms with Crippen LogP contribution in [0.4, 0.5) is 5.13 Å². The van der Waals surface area contributed by atoms with Crippen molar-refractivity contribution in [3.05, 3.63) is 34.8 Å². The van der Waals surface area contributed by atoms with Crippen LogP contribution in [0.2, 0.25) is 0 Å². The highest BCUT2D eigenvalue weighted by Gasteiger charge is 2.08. The van der Waals surface area contributed by atoms with E-state index >= 15 is 0 Å². The third-order valence-corrected chi connectivity index (χ3v) is 4.06. The molecule has 1 aromatic heterocycles. The Hall–Kier alpha value is -1.95. The van der Waals surface area contributed by atoms with Crippen molar-refractivity contribution >= 4 is 22.4 Å². The molecule has 0 saturated heterocycles. The molecule has 0 unspecified atom stereocenters. The number of anilines is 1. The number of aryl methyl sites for hydroxylation is 2. The van der Waals surface area contributed by atoms with Crippen LogP contribution >= 0.6 is 11.3 Å². The molecule has 0 saturated carbocycles. The van der Waals surface area contributed by atoms with E-state index < -0.39 is 0 Å². The van der Waals surface area contributed by atoms with Crippen molar-refractivity contribution in [2.24, 2.45) is 0 Å². The number of hydrogen-bond donors (Lipinski definition) is 1. The summed E-state index contributed by atoms with van der Waals surface area (Å²) in [6.07, 6.45) is 4.09. The molecule has 0 aliphatic rings. The van der Waals surface area contributed by atoms with Crippen molar-refractivity contribution in [1.29, 1.82) is 0 Å². The summed E-state index contributed by atoms with van der Waals surface area (Å²) in [5.41, 5.74) is 1.24. The Labute approximate surface area is 134 Å². The van der Waals surface area contributed by atoms with Gasteiger partial charge in [0, 0.05) is 6.42 Å². The maximum absolute atomic E-state index is 11.8. The molecule has 6 heteroatoms. The molecule has 0 bridgehead atoms. The summed E-state index contributed by atoms with van der Waals surface area (Å²) in [6.45, 7) is 4.20. The van der Waals surface area contributed by atoms with E-state index in [-0.39, 0.29) is 12.5 Å². The number of nitrogens with one attached hydrogen (secondary N) is 1. The average Bonchev–Trinajstić information content (AvgIpc) is 2.98. The molecule has 0 radical (unpaired) electrons. The molecule has 0 atom stereocenters. The minimum absolute atomic E-state index is 0.0324. The first-order valence-corrected chi connectivity index (χ1v) is 8.37. The molecule has 1 aromatic carbocycles. The maximum atomic E-state index is 11.8. The van der Waals surface area contributed by atoms with Gasteiger partial charge in [-0.3, -0.25) is 10.1 Å². The van der Waals surface area contributed by atoms with Crippen molar-refractivity contribution in [1.82, 2.24) is 10.2 Å². The van der Waals surface area contributed by atoms with E-state index in [9.17, 15) is 4.79 Å². The van der Waals surface area contributed by atoms with Crippen LogP contribution in [-0.4, -0.2) is 22.7 Å². The third-order valence-electron chi connectivity index (χ3n) is 3.16. The van der Waals surface area contributed by atoms with Crippen LogP contribution in [0.25, 0.3) is 0 Å². The van der Waals surface area contributed by atoms with Gasteiger partial charge in [0.25, 0.3) is 5.91 Å². The quantitative estimate of drug-likeness (QED) is 0.809. The van der Waals surface area contributed by atoms with Gasteiger partial charge < -0.3 is 4.74 Å². The monoisotopic (exact) mass is 319 g/mol. The minimum atomic E-state index is -0.224. The standard InChI is InChI=1S/C16H21N3O2S/c1-3-5-6-15-18-19-16(22-15)17-14(20)11-21-13-9-7-12(4-2)8-10-13/h7-10H,3-6,11H2,1-2H3,(H,17,19,20). The van der Waals surface area contributed by atoms with Gasteiger partial charge in [-0.1, -0.05) is 43.7 Å². The van der Waals surface area contributed by atoms with Gasteiger partial charge in [0.15, 0.2) is 6.61 Å². The zero-order valence-electron chi connectivity index (χ0n) is 13.0. The first-order chi connectivity index (χ1) is 10.7. The highest BCUT2D eigenvalue weighted by atomic mass is 32.1. The Bertz CT molecular complexity index is 596. The van der Waals surface area contributed by atoms with Crippen LogP contribution in [-0.2, 0) is 17.6 Å². The Morgan fingerprint density at radius 1 is 1.23 bits per heavy atom. The largest absolute Gasteiger partial charge is 0.484 e. The summed E-state index contributed by atoms with van der Waals surface area (Å²) in [4.78, 5) is 11.8. The SMILES string of the molecule is CCCCc1nnc(NC(=O)COc2ccc(CC)cc2)s1. The van der Waals surface area contributed by atoms with Gasteiger partial charge in [-0.25, -0.2) is 0 Å². The highest BCUT2D eigenvalue weighted by molar-refractivity contribution is 7.15. The topological polar surface area (TPSA) is 64.1 Å². The number of hydrogen-bond acceptors (Lipinski definition) is 5. The number of rotatable bonds is 8. The second-order valence-corrected chi connectivity index (χ2v) is 6.00. The second-order valence-electron chi connectivity index (χ2n) is 4.94. The zero-order valence-corrected chi connectivity index (χ0v) is 13.8. The van der Waals surface area contributed by atoms with Gasteiger partial charge in [0.1, 0.15) is 10.8 Å². The van der Waals surface area contributed by atoms with Crippen LogP contribution in [0.1, 0.15) is 37.3 Å². The van der Waals surface area contributed by atoms with E-state index in [1.807, 2.05) is 24.3 Å². The smallest absolute Gasteiger partial charge is 0.264 e. The van der Waals surface area contributed by atoms with E-state index in [1.165, 1.54) is 16.9 Å². The molecule has 2 aromatic rings. The first kappa shape index (κ1) is 16.4. The van der Waals surface area contributed by atoms with Gasteiger partial charge in [-0.05, 0) is 30.5 Å². The number of benzene rings is 1. The highest BCUT2D eigenvalue weighted by Crippen LogP contribution is 2.17. The van der Waals surface area contributed by atoms with Crippen molar-refractivity contribution in [3.8, 4) is 5.75 Å². The molecular weight excluding hydrogens is 298 g/mol. The summed E-state index contributed by atoms with van der Waals surface area (Å²) in [5, 5.41) is 12.2.